The molecule has 0 saturated heterocycles. The third-order valence-corrected chi connectivity index (χ3v) is 4.34. The number of anilines is 1. The van der Waals surface area contributed by atoms with Gasteiger partial charge in [-0.2, -0.15) is 0 Å². The summed E-state index contributed by atoms with van der Waals surface area (Å²) in [5, 5.41) is 6.52. The summed E-state index contributed by atoms with van der Waals surface area (Å²) in [4.78, 5) is 24.2. The summed E-state index contributed by atoms with van der Waals surface area (Å²) in [5.41, 5.74) is 2.53. The van der Waals surface area contributed by atoms with Crippen molar-refractivity contribution in [3.63, 3.8) is 0 Å². The Bertz CT molecular complexity index is 1010. The molecule has 0 aliphatic heterocycles. The van der Waals surface area contributed by atoms with Crippen molar-refractivity contribution < 1.29 is 28.3 Å². The lowest BCUT2D eigenvalue weighted by Gasteiger charge is -2.09. The van der Waals surface area contributed by atoms with Gasteiger partial charge >= 0.3 is 5.97 Å². The molecule has 30 heavy (non-hydrogen) atoms. The first-order valence-electron chi connectivity index (χ1n) is 9.22. The van der Waals surface area contributed by atoms with Crippen molar-refractivity contribution in [1.82, 2.24) is 5.16 Å². The Hall–Kier alpha value is -3.81. The molecule has 2 aromatic carbocycles. The Labute approximate surface area is 173 Å². The lowest BCUT2D eigenvalue weighted by molar-refractivity contribution is -0.119. The third kappa shape index (κ3) is 5.38. The van der Waals surface area contributed by atoms with Crippen LogP contribution in [-0.4, -0.2) is 30.7 Å². The van der Waals surface area contributed by atoms with Gasteiger partial charge in [0.25, 0.3) is 5.91 Å². The Morgan fingerprint density at radius 3 is 2.50 bits per heavy atom. The summed E-state index contributed by atoms with van der Waals surface area (Å²) in [7, 11) is 1.54. The average molecular weight is 410 g/mol. The largest absolute Gasteiger partial charge is 0.497 e. The zero-order valence-corrected chi connectivity index (χ0v) is 16.9. The van der Waals surface area contributed by atoms with Gasteiger partial charge in [-0.15, -0.1) is 0 Å². The normalized spacial score (nSPS) is 10.4. The lowest BCUT2D eigenvalue weighted by atomic mass is 10.2. The van der Waals surface area contributed by atoms with Crippen LogP contribution in [0.5, 0.6) is 11.5 Å². The minimum absolute atomic E-state index is 0.314. The van der Waals surface area contributed by atoms with E-state index in [0.717, 1.165) is 11.3 Å². The third-order valence-electron chi connectivity index (χ3n) is 4.34. The molecule has 3 aromatic rings. The number of methoxy groups -OCH3 is 1. The summed E-state index contributed by atoms with van der Waals surface area (Å²) in [6.45, 7) is 3.58. The fourth-order valence-corrected chi connectivity index (χ4v) is 2.66. The van der Waals surface area contributed by atoms with Gasteiger partial charge in [0.2, 0.25) is 0 Å². The maximum atomic E-state index is 12.2. The molecule has 0 spiro atoms. The van der Waals surface area contributed by atoms with Crippen molar-refractivity contribution in [2.45, 2.75) is 20.5 Å². The number of hydrogen-bond donors (Lipinski definition) is 1. The molecule has 0 aliphatic carbocycles. The first-order valence-corrected chi connectivity index (χ1v) is 9.22. The highest BCUT2D eigenvalue weighted by atomic mass is 16.5. The van der Waals surface area contributed by atoms with Gasteiger partial charge in [0.05, 0.1) is 23.9 Å². The highest BCUT2D eigenvalue weighted by molar-refractivity contribution is 5.95. The van der Waals surface area contributed by atoms with Gasteiger partial charge in [-0.3, -0.25) is 4.79 Å². The molecule has 1 heterocycles. The number of benzene rings is 2. The van der Waals surface area contributed by atoms with Crippen molar-refractivity contribution in [1.29, 1.82) is 0 Å². The van der Waals surface area contributed by atoms with E-state index in [-0.39, 0.29) is 0 Å². The van der Waals surface area contributed by atoms with E-state index in [2.05, 4.69) is 10.5 Å². The van der Waals surface area contributed by atoms with E-state index >= 15 is 0 Å². The molecule has 8 heteroatoms. The van der Waals surface area contributed by atoms with E-state index in [4.69, 9.17) is 18.7 Å². The number of amides is 1. The molecule has 0 atom stereocenters. The molecule has 1 amide bonds. The zero-order valence-electron chi connectivity index (χ0n) is 16.9. The van der Waals surface area contributed by atoms with Gasteiger partial charge in [0.15, 0.2) is 6.61 Å². The van der Waals surface area contributed by atoms with Gasteiger partial charge in [-0.1, -0.05) is 11.2 Å². The molecule has 8 nitrogen and oxygen atoms in total. The fraction of sp³-hybridized carbons (Fsp3) is 0.227. The number of carbonyl (C=O) groups is 2. The number of nitrogens with zero attached hydrogens (tertiary/aromatic N) is 1. The van der Waals surface area contributed by atoms with Crippen LogP contribution in [-0.2, 0) is 16.1 Å². The van der Waals surface area contributed by atoms with Gasteiger partial charge in [-0.25, -0.2) is 4.79 Å². The van der Waals surface area contributed by atoms with Crippen LogP contribution in [0.25, 0.3) is 0 Å². The van der Waals surface area contributed by atoms with Crippen molar-refractivity contribution >= 4 is 17.6 Å². The minimum Gasteiger partial charge on any atom is -0.497 e. The van der Waals surface area contributed by atoms with E-state index in [1.807, 2.05) is 13.8 Å². The summed E-state index contributed by atoms with van der Waals surface area (Å²) in [6.07, 6.45) is 0. The number of nitrogens with one attached hydrogen (secondary N) is 1. The Morgan fingerprint density at radius 1 is 1.07 bits per heavy atom. The van der Waals surface area contributed by atoms with Crippen LogP contribution in [0.3, 0.4) is 0 Å². The van der Waals surface area contributed by atoms with Gasteiger partial charge in [0.1, 0.15) is 23.9 Å². The molecule has 1 aromatic heterocycles. The molecular formula is C22H22N2O6. The number of hydrogen-bond acceptors (Lipinski definition) is 7. The van der Waals surface area contributed by atoms with E-state index in [1.54, 1.807) is 48.5 Å². The summed E-state index contributed by atoms with van der Waals surface area (Å²) >= 11 is 0. The number of aromatic nitrogens is 1. The van der Waals surface area contributed by atoms with Crippen molar-refractivity contribution in [3.05, 3.63) is 71.1 Å². The van der Waals surface area contributed by atoms with Gasteiger partial charge in [-0.05, 0) is 50.2 Å². The maximum absolute atomic E-state index is 12.2. The average Bonchev–Trinajstić information content (AvgIpc) is 3.08. The van der Waals surface area contributed by atoms with Crippen LogP contribution in [0.15, 0.2) is 53.1 Å². The molecule has 0 bridgehead atoms. The van der Waals surface area contributed by atoms with Gasteiger partial charge < -0.3 is 24.1 Å². The van der Waals surface area contributed by atoms with E-state index < -0.39 is 18.5 Å². The SMILES string of the molecule is COc1cccc(NC(=O)COC(=O)c2ccc(OCc3c(C)noc3C)cc2)c1. The first-order chi connectivity index (χ1) is 14.5. The number of carbonyl (C=O) groups excluding carboxylic acids is 2. The summed E-state index contributed by atoms with van der Waals surface area (Å²) in [5.74, 6) is 0.854. The number of aryl methyl sites for hydroxylation is 2. The lowest BCUT2D eigenvalue weighted by Crippen LogP contribution is -2.20. The van der Waals surface area contributed by atoms with Gasteiger partial charge in [0, 0.05) is 11.8 Å². The molecule has 1 N–H and O–H groups in total. The number of ether oxygens (including phenoxy) is 3. The predicted molar refractivity (Wildman–Crippen MR) is 109 cm³/mol. The fourth-order valence-electron chi connectivity index (χ4n) is 2.66. The van der Waals surface area contributed by atoms with Crippen molar-refractivity contribution in [2.75, 3.05) is 19.0 Å². The summed E-state index contributed by atoms with van der Waals surface area (Å²) in [6, 6.07) is 13.4. The monoisotopic (exact) mass is 410 g/mol. The molecule has 0 fully saturated rings. The Kier molecular flexibility index (Phi) is 6.69. The standard InChI is InChI=1S/C22H22N2O6/c1-14-20(15(2)30-24-14)12-28-18-9-7-16(8-10-18)22(26)29-13-21(25)23-17-5-4-6-19(11-17)27-3/h4-11H,12-13H2,1-3H3,(H,23,25). The van der Waals surface area contributed by atoms with Crippen LogP contribution in [0.1, 0.15) is 27.4 Å². The number of rotatable bonds is 8. The zero-order chi connectivity index (χ0) is 21.5. The van der Waals surface area contributed by atoms with Crippen molar-refractivity contribution in [3.8, 4) is 11.5 Å². The molecule has 3 rings (SSSR count). The van der Waals surface area contributed by atoms with Crippen LogP contribution in [0.2, 0.25) is 0 Å². The maximum Gasteiger partial charge on any atom is 0.338 e. The molecule has 0 radical (unpaired) electrons. The second kappa shape index (κ2) is 9.60. The first kappa shape index (κ1) is 20.9. The molecule has 0 aliphatic rings. The molecule has 0 saturated carbocycles. The van der Waals surface area contributed by atoms with Crippen LogP contribution >= 0.6 is 0 Å². The summed E-state index contributed by atoms with van der Waals surface area (Å²) < 4.78 is 21.0. The van der Waals surface area contributed by atoms with E-state index in [0.29, 0.717) is 35.1 Å². The van der Waals surface area contributed by atoms with Crippen LogP contribution < -0.4 is 14.8 Å². The Morgan fingerprint density at radius 2 is 1.83 bits per heavy atom. The highest BCUT2D eigenvalue weighted by Gasteiger charge is 2.12. The Balaban J connectivity index is 1.48. The van der Waals surface area contributed by atoms with E-state index in [9.17, 15) is 9.59 Å². The molecule has 0 unspecified atom stereocenters. The molecule has 156 valence electrons. The van der Waals surface area contributed by atoms with Crippen LogP contribution in [0, 0.1) is 13.8 Å². The van der Waals surface area contributed by atoms with E-state index in [1.165, 1.54) is 7.11 Å². The minimum atomic E-state index is -0.604. The van der Waals surface area contributed by atoms with Crippen LogP contribution in [0.4, 0.5) is 5.69 Å². The molecular weight excluding hydrogens is 388 g/mol. The topological polar surface area (TPSA) is 99.9 Å². The van der Waals surface area contributed by atoms with Crippen molar-refractivity contribution in [2.24, 2.45) is 0 Å². The predicted octanol–water partition coefficient (Wildman–Crippen LogP) is 3.67. The quantitative estimate of drug-likeness (QED) is 0.566. The second-order valence-electron chi connectivity index (χ2n) is 6.47. The number of esters is 1. The highest BCUT2D eigenvalue weighted by Crippen LogP contribution is 2.19. The smallest absolute Gasteiger partial charge is 0.338 e. The second-order valence-corrected chi connectivity index (χ2v) is 6.47.